The van der Waals surface area contributed by atoms with Crippen LogP contribution in [-0.4, -0.2) is 30.1 Å². The summed E-state index contributed by atoms with van der Waals surface area (Å²) in [6.07, 6.45) is 7.68. The van der Waals surface area contributed by atoms with Gasteiger partial charge in [0.2, 0.25) is 0 Å². The standard InChI is InChI=1S/C21H25N3/c1-4-14-24-15-8-11-19(21(24)22-2)18-12-13-20(23(3)16-18)17-9-6-5-7-10-17/h5-13,15H,4,14,16H2,1-3H3. The van der Waals surface area contributed by atoms with Crippen LogP contribution >= 0.6 is 0 Å². The summed E-state index contributed by atoms with van der Waals surface area (Å²) in [4.78, 5) is 6.86. The average molecular weight is 319 g/mol. The third kappa shape index (κ3) is 3.21. The number of hydrogen-bond donors (Lipinski definition) is 0. The zero-order valence-electron chi connectivity index (χ0n) is 14.7. The zero-order chi connectivity index (χ0) is 16.9. The number of rotatable bonds is 4. The van der Waals surface area contributed by atoms with Gasteiger partial charge >= 0.3 is 0 Å². The van der Waals surface area contributed by atoms with Gasteiger partial charge in [0.25, 0.3) is 0 Å². The molecule has 24 heavy (non-hydrogen) atoms. The Kier molecular flexibility index (Phi) is 4.99. The molecule has 3 nitrogen and oxygen atoms in total. The van der Waals surface area contributed by atoms with Gasteiger partial charge in [-0.05, 0) is 35.8 Å². The molecule has 1 aliphatic heterocycles. The lowest BCUT2D eigenvalue weighted by Crippen LogP contribution is -2.28. The van der Waals surface area contributed by atoms with Crippen LogP contribution in [0.2, 0.25) is 0 Å². The van der Waals surface area contributed by atoms with Gasteiger partial charge < -0.3 is 9.47 Å². The van der Waals surface area contributed by atoms with E-state index in [0.717, 1.165) is 25.0 Å². The normalized spacial score (nSPS) is 15.3. The lowest BCUT2D eigenvalue weighted by atomic mass is 10.0. The molecule has 3 rings (SSSR count). The smallest absolute Gasteiger partial charge is 0.134 e. The first-order valence-electron chi connectivity index (χ1n) is 8.54. The minimum absolute atomic E-state index is 0.888. The van der Waals surface area contributed by atoms with Crippen molar-refractivity contribution < 1.29 is 0 Å². The highest BCUT2D eigenvalue weighted by Crippen LogP contribution is 2.26. The van der Waals surface area contributed by atoms with Crippen LogP contribution in [0.1, 0.15) is 24.5 Å². The summed E-state index contributed by atoms with van der Waals surface area (Å²) in [6.45, 7) is 4.08. The van der Waals surface area contributed by atoms with Gasteiger partial charge in [-0.1, -0.05) is 43.3 Å². The highest BCUT2D eigenvalue weighted by molar-refractivity contribution is 5.77. The third-order valence-electron chi connectivity index (χ3n) is 4.39. The lowest BCUT2D eigenvalue weighted by Gasteiger charge is -2.28. The molecule has 0 aliphatic carbocycles. The minimum Gasteiger partial charge on any atom is -0.370 e. The highest BCUT2D eigenvalue weighted by Gasteiger charge is 2.16. The quantitative estimate of drug-likeness (QED) is 0.839. The summed E-state index contributed by atoms with van der Waals surface area (Å²) < 4.78 is 2.24. The van der Waals surface area contributed by atoms with Crippen LogP contribution in [0.15, 0.2) is 65.8 Å². The van der Waals surface area contributed by atoms with Gasteiger partial charge in [-0.2, -0.15) is 0 Å². The maximum atomic E-state index is 4.55. The molecule has 0 N–H and O–H groups in total. The van der Waals surface area contributed by atoms with E-state index in [1.165, 1.54) is 22.4 Å². The molecular weight excluding hydrogens is 294 g/mol. The van der Waals surface area contributed by atoms with Gasteiger partial charge in [0, 0.05) is 44.6 Å². The van der Waals surface area contributed by atoms with Gasteiger partial charge in [-0.3, -0.25) is 4.99 Å². The molecule has 0 bridgehead atoms. The zero-order valence-corrected chi connectivity index (χ0v) is 14.7. The van der Waals surface area contributed by atoms with E-state index in [0.29, 0.717) is 0 Å². The number of aromatic nitrogens is 1. The Labute approximate surface area is 144 Å². The van der Waals surface area contributed by atoms with Crippen molar-refractivity contribution in [2.75, 3.05) is 20.6 Å². The van der Waals surface area contributed by atoms with Crippen LogP contribution in [0.25, 0.3) is 11.3 Å². The molecule has 0 amide bonds. The van der Waals surface area contributed by atoms with E-state index in [4.69, 9.17) is 0 Å². The number of benzene rings is 1. The molecule has 0 saturated heterocycles. The summed E-state index contributed by atoms with van der Waals surface area (Å²) in [5.41, 5.74) is 6.11. The first-order chi connectivity index (χ1) is 11.7. The fourth-order valence-electron chi connectivity index (χ4n) is 3.26. The van der Waals surface area contributed by atoms with Crippen LogP contribution in [-0.2, 0) is 6.54 Å². The summed E-state index contributed by atoms with van der Waals surface area (Å²) in [6, 6.07) is 14.8. The van der Waals surface area contributed by atoms with Gasteiger partial charge in [-0.25, -0.2) is 0 Å². The monoisotopic (exact) mass is 319 g/mol. The Morgan fingerprint density at radius 1 is 1.04 bits per heavy atom. The molecule has 0 atom stereocenters. The van der Waals surface area contributed by atoms with Crippen molar-refractivity contribution >= 4 is 11.3 Å². The number of allylic oxidation sites excluding steroid dienone is 2. The largest absolute Gasteiger partial charge is 0.370 e. The minimum atomic E-state index is 0.888. The number of aryl methyl sites for hydroxylation is 1. The highest BCUT2D eigenvalue weighted by atomic mass is 15.1. The predicted molar refractivity (Wildman–Crippen MR) is 101 cm³/mol. The molecular formula is C21H25N3. The van der Waals surface area contributed by atoms with E-state index in [9.17, 15) is 0 Å². The van der Waals surface area contributed by atoms with Gasteiger partial charge in [0.05, 0.1) is 0 Å². The van der Waals surface area contributed by atoms with Crippen LogP contribution < -0.4 is 5.49 Å². The number of likely N-dealkylation sites (N-methyl/N-ethyl adjacent to an activating group) is 1. The second kappa shape index (κ2) is 7.35. The molecule has 2 aromatic rings. The van der Waals surface area contributed by atoms with E-state index in [1.54, 1.807) is 0 Å². The molecule has 0 radical (unpaired) electrons. The number of hydrogen-bond acceptors (Lipinski definition) is 2. The second-order valence-electron chi connectivity index (χ2n) is 6.13. The molecule has 1 aromatic carbocycles. The van der Waals surface area contributed by atoms with E-state index in [1.807, 2.05) is 7.05 Å². The van der Waals surface area contributed by atoms with Crippen molar-refractivity contribution in [2.45, 2.75) is 19.9 Å². The summed E-state index contributed by atoms with van der Waals surface area (Å²) in [5.74, 6) is 0. The van der Waals surface area contributed by atoms with Crippen LogP contribution in [0, 0.1) is 0 Å². The Hall–Kier alpha value is -2.55. The fourth-order valence-corrected chi connectivity index (χ4v) is 3.26. The lowest BCUT2D eigenvalue weighted by molar-refractivity contribution is 0.538. The van der Waals surface area contributed by atoms with Crippen LogP contribution in [0.4, 0.5) is 0 Å². The fraction of sp³-hybridized carbons (Fsp3) is 0.286. The molecule has 1 aromatic heterocycles. The van der Waals surface area contributed by atoms with E-state index < -0.39 is 0 Å². The van der Waals surface area contributed by atoms with Gasteiger partial charge in [-0.15, -0.1) is 0 Å². The molecule has 124 valence electrons. The maximum absolute atomic E-state index is 4.55. The van der Waals surface area contributed by atoms with E-state index in [-0.39, 0.29) is 0 Å². The van der Waals surface area contributed by atoms with Crippen LogP contribution in [0.5, 0.6) is 0 Å². The van der Waals surface area contributed by atoms with Crippen molar-refractivity contribution in [1.82, 2.24) is 9.47 Å². The van der Waals surface area contributed by atoms with Crippen molar-refractivity contribution in [2.24, 2.45) is 4.99 Å². The number of nitrogens with zero attached hydrogens (tertiary/aromatic N) is 3. The second-order valence-corrected chi connectivity index (χ2v) is 6.13. The SMILES string of the molecule is CCCn1cccc(C2=CC=C(c3ccccc3)N(C)C2)c1=NC. The average Bonchev–Trinajstić information content (AvgIpc) is 2.62. The maximum Gasteiger partial charge on any atom is 0.134 e. The molecule has 0 saturated carbocycles. The van der Waals surface area contributed by atoms with Crippen molar-refractivity contribution in [1.29, 1.82) is 0 Å². The van der Waals surface area contributed by atoms with Gasteiger partial charge in [0.1, 0.15) is 5.49 Å². The Morgan fingerprint density at radius 3 is 2.50 bits per heavy atom. The molecule has 1 aliphatic rings. The Balaban J connectivity index is 2.02. The molecule has 0 spiro atoms. The Morgan fingerprint density at radius 2 is 1.83 bits per heavy atom. The topological polar surface area (TPSA) is 20.5 Å². The molecule has 0 fully saturated rings. The molecule has 0 unspecified atom stereocenters. The predicted octanol–water partition coefficient (Wildman–Crippen LogP) is 3.80. The van der Waals surface area contributed by atoms with E-state index in [2.05, 4.69) is 89.2 Å². The first kappa shape index (κ1) is 16.3. The molecule has 3 heteroatoms. The van der Waals surface area contributed by atoms with E-state index >= 15 is 0 Å². The third-order valence-corrected chi connectivity index (χ3v) is 4.39. The summed E-state index contributed by atoms with van der Waals surface area (Å²) in [5, 5.41) is 0. The van der Waals surface area contributed by atoms with Crippen molar-refractivity contribution in [3.63, 3.8) is 0 Å². The summed E-state index contributed by atoms with van der Waals surface area (Å²) in [7, 11) is 4.03. The van der Waals surface area contributed by atoms with Crippen molar-refractivity contribution in [3.05, 3.63) is 77.4 Å². The van der Waals surface area contributed by atoms with Gasteiger partial charge in [0.15, 0.2) is 0 Å². The van der Waals surface area contributed by atoms with Crippen LogP contribution in [0.3, 0.4) is 0 Å². The van der Waals surface area contributed by atoms with Crippen molar-refractivity contribution in [3.8, 4) is 0 Å². The Bertz CT molecular complexity index is 826. The first-order valence-corrected chi connectivity index (χ1v) is 8.54. The summed E-state index contributed by atoms with van der Waals surface area (Å²) >= 11 is 0. The number of pyridine rings is 1. The molecule has 2 heterocycles.